The van der Waals surface area contributed by atoms with Gasteiger partial charge in [0.1, 0.15) is 17.7 Å². The second-order valence-electron chi connectivity index (χ2n) is 12.6. The molecule has 0 aromatic rings. The van der Waals surface area contributed by atoms with Crippen LogP contribution >= 0.6 is 0 Å². The zero-order chi connectivity index (χ0) is 30.3. The molecule has 0 spiro atoms. The lowest BCUT2D eigenvalue weighted by Crippen LogP contribution is -2.55. The highest BCUT2D eigenvalue weighted by Crippen LogP contribution is 2.21. The van der Waals surface area contributed by atoms with E-state index in [0.29, 0.717) is 19.4 Å². The van der Waals surface area contributed by atoms with Crippen molar-refractivity contribution in [2.45, 2.75) is 149 Å². The Morgan fingerprint density at radius 3 is 2.27 bits per heavy atom. The number of nitrogens with one attached hydrogen (secondary N) is 4. The number of aliphatic hydroxyl groups excluding tert-OH is 1. The van der Waals surface area contributed by atoms with Gasteiger partial charge in [0, 0.05) is 12.5 Å². The first kappa shape index (κ1) is 35.7. The minimum Gasteiger partial charge on any atom is -0.444 e. The van der Waals surface area contributed by atoms with Gasteiger partial charge in [-0.25, -0.2) is 4.79 Å². The Morgan fingerprint density at radius 2 is 1.65 bits per heavy atom. The van der Waals surface area contributed by atoms with Gasteiger partial charge in [0.15, 0.2) is 0 Å². The Bertz CT molecular complexity index is 800. The van der Waals surface area contributed by atoms with Crippen LogP contribution < -0.4 is 21.3 Å². The summed E-state index contributed by atoms with van der Waals surface area (Å²) in [6.07, 6.45) is 7.30. The van der Waals surface area contributed by atoms with Crippen LogP contribution in [0.3, 0.4) is 0 Å². The number of ether oxygens (including phenoxy) is 1. The Labute approximate surface area is 241 Å². The van der Waals surface area contributed by atoms with Crippen molar-refractivity contribution >= 4 is 23.8 Å². The molecule has 232 valence electrons. The summed E-state index contributed by atoms with van der Waals surface area (Å²) >= 11 is 0. The topological polar surface area (TPSA) is 146 Å². The van der Waals surface area contributed by atoms with Crippen molar-refractivity contribution in [1.82, 2.24) is 21.3 Å². The molecule has 1 aliphatic rings. The summed E-state index contributed by atoms with van der Waals surface area (Å²) in [6, 6.07) is -2.27. The number of unbranched alkanes of at least 4 members (excludes halogenated alkanes) is 1. The van der Waals surface area contributed by atoms with Gasteiger partial charge in [-0.15, -0.1) is 0 Å². The average molecular weight is 569 g/mol. The Morgan fingerprint density at radius 1 is 1.02 bits per heavy atom. The molecule has 10 nitrogen and oxygen atoms in total. The Kier molecular flexibility index (Phi) is 16.2. The molecule has 0 radical (unpaired) electrons. The molecule has 6 atom stereocenters. The highest BCUT2D eigenvalue weighted by Gasteiger charge is 2.31. The fraction of sp³-hybridized carbons (Fsp3) is 0.867. The summed E-state index contributed by atoms with van der Waals surface area (Å²) in [7, 11) is 0. The number of hydrogen-bond donors (Lipinski definition) is 5. The van der Waals surface area contributed by atoms with E-state index in [2.05, 4.69) is 35.1 Å². The molecule has 1 fully saturated rings. The van der Waals surface area contributed by atoms with Gasteiger partial charge in [-0.1, -0.05) is 65.7 Å². The smallest absolute Gasteiger partial charge is 0.408 e. The lowest BCUT2D eigenvalue weighted by atomic mass is 9.89. The van der Waals surface area contributed by atoms with Crippen molar-refractivity contribution in [2.24, 2.45) is 11.8 Å². The first-order chi connectivity index (χ1) is 18.7. The number of hydrogen-bond acceptors (Lipinski definition) is 6. The predicted octanol–water partition coefficient (Wildman–Crippen LogP) is 3.94. The largest absolute Gasteiger partial charge is 0.444 e. The molecule has 1 aliphatic heterocycles. The first-order valence-corrected chi connectivity index (χ1v) is 15.3. The molecule has 0 aliphatic carbocycles. The summed E-state index contributed by atoms with van der Waals surface area (Å²) < 4.78 is 5.34. The fourth-order valence-electron chi connectivity index (χ4n) is 4.84. The summed E-state index contributed by atoms with van der Waals surface area (Å²) in [6.45, 7) is 13.4. The molecule has 0 aromatic heterocycles. The van der Waals surface area contributed by atoms with E-state index in [1.165, 1.54) is 0 Å². The van der Waals surface area contributed by atoms with Gasteiger partial charge in [0.25, 0.3) is 0 Å². The highest BCUT2D eigenvalue weighted by molar-refractivity contribution is 5.91. The SMILES string of the molecule is CCCCNC(=O)[C@H](C)C[C@H](O)[C@@H]1C[C@H](C)CCCCCCC[C@H](NC(=O)OC(C)(C)C)C(=O)N[C@@H](C)C(=O)N1. The highest BCUT2D eigenvalue weighted by atomic mass is 16.6. The monoisotopic (exact) mass is 568 g/mol. The maximum atomic E-state index is 13.2. The van der Waals surface area contributed by atoms with Crippen molar-refractivity contribution in [3.05, 3.63) is 0 Å². The van der Waals surface area contributed by atoms with Crippen LogP contribution in [0.25, 0.3) is 0 Å². The van der Waals surface area contributed by atoms with E-state index < -0.39 is 53.7 Å². The summed E-state index contributed by atoms with van der Waals surface area (Å²) in [4.78, 5) is 51.1. The molecule has 4 amide bonds. The van der Waals surface area contributed by atoms with Crippen LogP contribution in [0.1, 0.15) is 119 Å². The maximum absolute atomic E-state index is 13.2. The van der Waals surface area contributed by atoms with Crippen LogP contribution in [0.15, 0.2) is 0 Å². The molecule has 1 rings (SSSR count). The van der Waals surface area contributed by atoms with Gasteiger partial charge in [0.2, 0.25) is 17.7 Å². The molecule has 0 unspecified atom stereocenters. The molecule has 0 bridgehead atoms. The van der Waals surface area contributed by atoms with Crippen LogP contribution in [0.4, 0.5) is 4.79 Å². The van der Waals surface area contributed by atoms with E-state index >= 15 is 0 Å². The third-order valence-electron chi connectivity index (χ3n) is 7.27. The minimum absolute atomic E-state index is 0.107. The first-order valence-electron chi connectivity index (χ1n) is 15.3. The number of carbonyl (C=O) groups is 4. The standard InChI is InChI=1S/C30H56N4O6/c1-8-9-17-31-26(36)21(3)19-25(35)24-18-20(2)15-13-11-10-12-14-16-23(34-29(39)40-30(5,6)7)28(38)32-22(4)27(37)33-24/h20-25,35H,8-19H2,1-7H3,(H,31,36)(H,32,38)(H,33,37)(H,34,39)/t20-,21-,22+,23+,24+,25+/m1/s1. The molecule has 1 saturated heterocycles. The summed E-state index contributed by atoms with van der Waals surface area (Å²) in [5.74, 6) is -1.12. The molecule has 0 aromatic carbocycles. The quantitative estimate of drug-likeness (QED) is 0.280. The van der Waals surface area contributed by atoms with E-state index in [-0.39, 0.29) is 18.2 Å². The van der Waals surface area contributed by atoms with Gasteiger partial charge in [-0.2, -0.15) is 0 Å². The van der Waals surface area contributed by atoms with Gasteiger partial charge in [-0.3, -0.25) is 14.4 Å². The number of amides is 4. The predicted molar refractivity (Wildman–Crippen MR) is 156 cm³/mol. The molecular formula is C30H56N4O6. The van der Waals surface area contributed by atoms with E-state index in [4.69, 9.17) is 4.74 Å². The van der Waals surface area contributed by atoms with Crippen LogP contribution in [-0.4, -0.2) is 65.3 Å². The number of rotatable bonds is 8. The van der Waals surface area contributed by atoms with Crippen LogP contribution in [-0.2, 0) is 19.1 Å². The van der Waals surface area contributed by atoms with Gasteiger partial charge in [-0.05, 0) is 59.3 Å². The molecule has 5 N–H and O–H groups in total. The second-order valence-corrected chi connectivity index (χ2v) is 12.6. The third kappa shape index (κ3) is 14.9. The van der Waals surface area contributed by atoms with Gasteiger partial charge < -0.3 is 31.1 Å². The van der Waals surface area contributed by atoms with E-state index in [9.17, 15) is 24.3 Å². The Balaban J connectivity index is 2.97. The molecule has 1 heterocycles. The Hall–Kier alpha value is -2.36. The normalized spacial score (nSPS) is 25.6. The average Bonchev–Trinajstić information content (AvgIpc) is 2.85. The third-order valence-corrected chi connectivity index (χ3v) is 7.27. The number of aliphatic hydroxyl groups is 1. The number of carbonyl (C=O) groups excluding carboxylic acids is 4. The van der Waals surface area contributed by atoms with E-state index in [0.717, 1.165) is 51.4 Å². The summed E-state index contributed by atoms with van der Waals surface area (Å²) in [5.41, 5.74) is -0.702. The number of alkyl carbamates (subject to hydrolysis) is 1. The van der Waals surface area contributed by atoms with E-state index in [1.807, 2.05) is 0 Å². The fourth-order valence-corrected chi connectivity index (χ4v) is 4.84. The lowest BCUT2D eigenvalue weighted by molar-refractivity contribution is -0.131. The van der Waals surface area contributed by atoms with Crippen molar-refractivity contribution < 1.29 is 29.0 Å². The van der Waals surface area contributed by atoms with Crippen LogP contribution in [0.2, 0.25) is 0 Å². The van der Waals surface area contributed by atoms with Crippen molar-refractivity contribution in [3.63, 3.8) is 0 Å². The molecular weight excluding hydrogens is 512 g/mol. The van der Waals surface area contributed by atoms with Gasteiger partial charge in [0.05, 0.1) is 12.1 Å². The van der Waals surface area contributed by atoms with Crippen LogP contribution in [0.5, 0.6) is 0 Å². The minimum atomic E-state index is -0.915. The zero-order valence-corrected chi connectivity index (χ0v) is 25.9. The lowest BCUT2D eigenvalue weighted by Gasteiger charge is -2.30. The van der Waals surface area contributed by atoms with Crippen molar-refractivity contribution in [2.75, 3.05) is 6.54 Å². The zero-order valence-electron chi connectivity index (χ0n) is 25.9. The van der Waals surface area contributed by atoms with Crippen LogP contribution in [0, 0.1) is 11.8 Å². The molecule has 40 heavy (non-hydrogen) atoms. The molecule has 10 heteroatoms. The maximum Gasteiger partial charge on any atom is 0.408 e. The van der Waals surface area contributed by atoms with Crippen molar-refractivity contribution in [3.8, 4) is 0 Å². The second kappa shape index (κ2) is 18.1. The van der Waals surface area contributed by atoms with Crippen molar-refractivity contribution in [1.29, 1.82) is 0 Å². The molecule has 0 saturated carbocycles. The van der Waals surface area contributed by atoms with Gasteiger partial charge >= 0.3 is 6.09 Å². The summed E-state index contributed by atoms with van der Waals surface area (Å²) in [5, 5.41) is 22.3. The van der Waals surface area contributed by atoms with E-state index in [1.54, 1.807) is 34.6 Å².